The van der Waals surface area contributed by atoms with Crippen molar-refractivity contribution >= 4 is 0 Å². The maximum atomic E-state index is 4.41. The Balaban J connectivity index is 2.17. The summed E-state index contributed by atoms with van der Waals surface area (Å²) >= 11 is 0. The summed E-state index contributed by atoms with van der Waals surface area (Å²) in [5.41, 5.74) is 1.37. The van der Waals surface area contributed by atoms with Gasteiger partial charge in [0.05, 0.1) is 12.0 Å². The van der Waals surface area contributed by atoms with Crippen molar-refractivity contribution in [2.45, 2.75) is 45.2 Å². The number of hydrogen-bond acceptors (Lipinski definition) is 3. The van der Waals surface area contributed by atoms with Crippen molar-refractivity contribution in [2.24, 2.45) is 5.92 Å². The summed E-state index contributed by atoms with van der Waals surface area (Å²) in [7, 11) is 4.30. The average molecular weight is 264 g/mol. The standard InChI is InChI=1S/C15H28N4/c1-12(2)8-13(10-18(3)4)19-11-16-9-15(19)14-6-5-7-17-14/h9,11-14,17H,5-8,10H2,1-4H3. The summed E-state index contributed by atoms with van der Waals surface area (Å²) in [6, 6.07) is 1.02. The highest BCUT2D eigenvalue weighted by atomic mass is 15.2. The molecular formula is C15H28N4. The smallest absolute Gasteiger partial charge is 0.0951 e. The summed E-state index contributed by atoms with van der Waals surface area (Å²) < 4.78 is 2.41. The molecule has 108 valence electrons. The van der Waals surface area contributed by atoms with Crippen molar-refractivity contribution in [1.29, 1.82) is 0 Å². The second-order valence-electron chi connectivity index (χ2n) is 6.42. The van der Waals surface area contributed by atoms with Crippen LogP contribution >= 0.6 is 0 Å². The number of imidazole rings is 1. The molecule has 19 heavy (non-hydrogen) atoms. The maximum Gasteiger partial charge on any atom is 0.0951 e. The highest BCUT2D eigenvalue weighted by Gasteiger charge is 2.23. The van der Waals surface area contributed by atoms with Crippen molar-refractivity contribution in [3.63, 3.8) is 0 Å². The van der Waals surface area contributed by atoms with E-state index in [9.17, 15) is 0 Å². The molecule has 1 aromatic rings. The number of hydrogen-bond donors (Lipinski definition) is 1. The molecule has 1 fully saturated rings. The summed E-state index contributed by atoms with van der Waals surface area (Å²) in [6.45, 7) is 6.81. The highest BCUT2D eigenvalue weighted by molar-refractivity contribution is 5.09. The van der Waals surface area contributed by atoms with E-state index in [1.165, 1.54) is 25.0 Å². The number of likely N-dealkylation sites (N-methyl/N-ethyl adjacent to an activating group) is 1. The fourth-order valence-electron chi connectivity index (χ4n) is 3.07. The first kappa shape index (κ1) is 14.5. The van der Waals surface area contributed by atoms with Gasteiger partial charge in [0, 0.05) is 24.8 Å². The molecule has 2 heterocycles. The van der Waals surface area contributed by atoms with Gasteiger partial charge in [-0.05, 0) is 45.8 Å². The van der Waals surface area contributed by atoms with E-state index >= 15 is 0 Å². The van der Waals surface area contributed by atoms with Crippen molar-refractivity contribution in [3.8, 4) is 0 Å². The highest BCUT2D eigenvalue weighted by Crippen LogP contribution is 2.27. The lowest BCUT2D eigenvalue weighted by Crippen LogP contribution is -2.28. The minimum atomic E-state index is 0.499. The molecule has 4 nitrogen and oxygen atoms in total. The average Bonchev–Trinajstić information content (AvgIpc) is 2.97. The van der Waals surface area contributed by atoms with Gasteiger partial charge in [-0.15, -0.1) is 0 Å². The van der Waals surface area contributed by atoms with E-state index in [-0.39, 0.29) is 0 Å². The van der Waals surface area contributed by atoms with Crippen LogP contribution in [0.2, 0.25) is 0 Å². The Hall–Kier alpha value is -0.870. The molecule has 0 bridgehead atoms. The van der Waals surface area contributed by atoms with Gasteiger partial charge in [0.15, 0.2) is 0 Å². The third kappa shape index (κ3) is 3.80. The zero-order chi connectivity index (χ0) is 13.8. The fraction of sp³-hybridized carbons (Fsp3) is 0.800. The Morgan fingerprint density at radius 3 is 2.84 bits per heavy atom. The van der Waals surface area contributed by atoms with E-state index in [0.29, 0.717) is 18.0 Å². The van der Waals surface area contributed by atoms with Crippen LogP contribution in [0.15, 0.2) is 12.5 Å². The van der Waals surface area contributed by atoms with Gasteiger partial charge < -0.3 is 14.8 Å². The lowest BCUT2D eigenvalue weighted by molar-refractivity contribution is 0.281. The first-order chi connectivity index (χ1) is 9.08. The molecule has 0 aliphatic carbocycles. The Kier molecular flexibility index (Phi) is 4.99. The van der Waals surface area contributed by atoms with Crippen molar-refractivity contribution in [1.82, 2.24) is 19.8 Å². The SMILES string of the molecule is CC(C)CC(CN(C)C)n1cncc1C1CCCN1. The van der Waals surface area contributed by atoms with Crippen LogP contribution < -0.4 is 5.32 Å². The molecular weight excluding hydrogens is 236 g/mol. The van der Waals surface area contributed by atoms with Crippen LogP contribution in [0.25, 0.3) is 0 Å². The van der Waals surface area contributed by atoms with Gasteiger partial charge in [-0.2, -0.15) is 0 Å². The quantitative estimate of drug-likeness (QED) is 0.857. The number of nitrogens with zero attached hydrogens (tertiary/aromatic N) is 3. The molecule has 2 atom stereocenters. The second kappa shape index (κ2) is 6.53. The Morgan fingerprint density at radius 2 is 2.26 bits per heavy atom. The van der Waals surface area contributed by atoms with Crippen LogP contribution in [0.1, 0.15) is 50.9 Å². The Morgan fingerprint density at radius 1 is 1.47 bits per heavy atom. The van der Waals surface area contributed by atoms with Crippen LogP contribution in [0, 0.1) is 5.92 Å². The van der Waals surface area contributed by atoms with E-state index in [2.05, 4.69) is 47.7 Å². The summed E-state index contributed by atoms with van der Waals surface area (Å²) in [5, 5.41) is 3.59. The predicted molar refractivity (Wildman–Crippen MR) is 79.3 cm³/mol. The van der Waals surface area contributed by atoms with Crippen LogP contribution in [-0.2, 0) is 0 Å². The van der Waals surface area contributed by atoms with Crippen molar-refractivity contribution in [2.75, 3.05) is 27.2 Å². The minimum Gasteiger partial charge on any atom is -0.329 e. The van der Waals surface area contributed by atoms with E-state index in [1.807, 2.05) is 12.5 Å². The molecule has 1 N–H and O–H groups in total. The topological polar surface area (TPSA) is 33.1 Å². The molecule has 0 aromatic carbocycles. The zero-order valence-corrected chi connectivity index (χ0v) is 12.8. The molecule has 0 radical (unpaired) electrons. The molecule has 0 spiro atoms. The van der Waals surface area contributed by atoms with Crippen LogP contribution in [0.3, 0.4) is 0 Å². The van der Waals surface area contributed by atoms with Gasteiger partial charge >= 0.3 is 0 Å². The first-order valence-electron chi connectivity index (χ1n) is 7.47. The largest absolute Gasteiger partial charge is 0.329 e. The van der Waals surface area contributed by atoms with Gasteiger partial charge in [0.25, 0.3) is 0 Å². The maximum absolute atomic E-state index is 4.41. The van der Waals surface area contributed by atoms with E-state index in [1.54, 1.807) is 0 Å². The molecule has 1 aliphatic rings. The van der Waals surface area contributed by atoms with E-state index in [4.69, 9.17) is 0 Å². The lowest BCUT2D eigenvalue weighted by atomic mass is 10.0. The Labute approximate surface area is 117 Å². The predicted octanol–water partition coefficient (Wildman–Crippen LogP) is 2.46. The minimum absolute atomic E-state index is 0.499. The number of nitrogens with one attached hydrogen (secondary N) is 1. The molecule has 0 amide bonds. The van der Waals surface area contributed by atoms with Gasteiger partial charge in [-0.25, -0.2) is 4.98 Å². The van der Waals surface area contributed by atoms with Crippen LogP contribution in [0.4, 0.5) is 0 Å². The molecule has 1 saturated heterocycles. The van der Waals surface area contributed by atoms with Gasteiger partial charge in [-0.1, -0.05) is 13.8 Å². The molecule has 1 aliphatic heterocycles. The molecule has 0 saturated carbocycles. The number of rotatable bonds is 6. The zero-order valence-electron chi connectivity index (χ0n) is 12.8. The molecule has 1 aromatic heterocycles. The fourth-order valence-corrected chi connectivity index (χ4v) is 3.07. The lowest BCUT2D eigenvalue weighted by Gasteiger charge is -2.27. The van der Waals surface area contributed by atoms with Crippen LogP contribution in [-0.4, -0.2) is 41.6 Å². The first-order valence-corrected chi connectivity index (χ1v) is 7.47. The third-order valence-electron chi connectivity index (χ3n) is 3.83. The van der Waals surface area contributed by atoms with Crippen molar-refractivity contribution < 1.29 is 0 Å². The van der Waals surface area contributed by atoms with E-state index < -0.39 is 0 Å². The second-order valence-corrected chi connectivity index (χ2v) is 6.42. The molecule has 4 heteroatoms. The van der Waals surface area contributed by atoms with Gasteiger partial charge in [0.1, 0.15) is 0 Å². The van der Waals surface area contributed by atoms with Crippen LogP contribution in [0.5, 0.6) is 0 Å². The number of aromatic nitrogens is 2. The third-order valence-corrected chi connectivity index (χ3v) is 3.83. The summed E-state index contributed by atoms with van der Waals surface area (Å²) in [5.74, 6) is 0.705. The monoisotopic (exact) mass is 264 g/mol. The molecule has 2 unspecified atom stereocenters. The summed E-state index contributed by atoms with van der Waals surface area (Å²) in [4.78, 5) is 6.68. The molecule has 2 rings (SSSR count). The van der Waals surface area contributed by atoms with E-state index in [0.717, 1.165) is 13.1 Å². The summed E-state index contributed by atoms with van der Waals surface area (Å²) in [6.07, 6.45) is 7.78. The van der Waals surface area contributed by atoms with Gasteiger partial charge in [-0.3, -0.25) is 0 Å². The van der Waals surface area contributed by atoms with Gasteiger partial charge in [0.2, 0.25) is 0 Å². The normalized spacial score (nSPS) is 21.5. The van der Waals surface area contributed by atoms with Crippen molar-refractivity contribution in [3.05, 3.63) is 18.2 Å². The Bertz CT molecular complexity index is 367.